The van der Waals surface area contributed by atoms with E-state index in [9.17, 15) is 18.5 Å². The molecule has 0 radical (unpaired) electrons. The predicted molar refractivity (Wildman–Crippen MR) is 107 cm³/mol. The minimum atomic E-state index is -3.55. The Labute approximate surface area is 168 Å². The Hall–Kier alpha value is -1.91. The molecule has 0 atom stereocenters. The van der Waals surface area contributed by atoms with E-state index in [1.54, 1.807) is 6.07 Å². The van der Waals surface area contributed by atoms with Gasteiger partial charge in [0.15, 0.2) is 0 Å². The standard InChI is InChI=1S/C21H29N3O3S/c1-16-6-7-19(17(2)14-16)28(26,27)24-12-8-18(9-13-24)20(25)23-21(15-22)10-4-3-5-11-21/h6-7,14,18H,3-5,8-13H2,1-2H3,(H,23,25). The number of nitriles is 1. The van der Waals surface area contributed by atoms with Crippen LogP contribution in [0.3, 0.4) is 0 Å². The Balaban J connectivity index is 1.64. The summed E-state index contributed by atoms with van der Waals surface area (Å²) in [6, 6.07) is 7.66. The Bertz CT molecular complexity index is 875. The number of nitrogens with one attached hydrogen (secondary N) is 1. The van der Waals surface area contributed by atoms with Gasteiger partial charge < -0.3 is 5.32 Å². The summed E-state index contributed by atoms with van der Waals surface area (Å²) in [5, 5.41) is 12.5. The first-order chi connectivity index (χ1) is 13.3. The van der Waals surface area contributed by atoms with Gasteiger partial charge in [0.05, 0.1) is 11.0 Å². The van der Waals surface area contributed by atoms with E-state index in [0.717, 1.165) is 30.4 Å². The number of carbonyl (C=O) groups excluding carboxylic acids is 1. The molecule has 0 aromatic heterocycles. The SMILES string of the molecule is Cc1ccc(S(=O)(=O)N2CCC(C(=O)NC3(C#N)CCCCC3)CC2)c(C)c1. The Morgan fingerprint density at radius 3 is 2.39 bits per heavy atom. The summed E-state index contributed by atoms with van der Waals surface area (Å²) in [5.74, 6) is -0.343. The van der Waals surface area contributed by atoms with E-state index < -0.39 is 15.6 Å². The number of nitrogens with zero attached hydrogens (tertiary/aromatic N) is 2. The second kappa shape index (κ2) is 8.22. The van der Waals surface area contributed by atoms with Crippen LogP contribution in [0.5, 0.6) is 0 Å². The van der Waals surface area contributed by atoms with Gasteiger partial charge in [-0.05, 0) is 51.2 Å². The van der Waals surface area contributed by atoms with Crippen LogP contribution in [-0.2, 0) is 14.8 Å². The molecule has 0 unspecified atom stereocenters. The first-order valence-electron chi connectivity index (χ1n) is 10.1. The van der Waals surface area contributed by atoms with Crippen molar-refractivity contribution in [3.8, 4) is 6.07 Å². The van der Waals surface area contributed by atoms with Crippen LogP contribution in [0, 0.1) is 31.1 Å². The van der Waals surface area contributed by atoms with Crippen molar-refractivity contribution in [3.63, 3.8) is 0 Å². The number of hydrogen-bond acceptors (Lipinski definition) is 4. The molecule has 7 heteroatoms. The van der Waals surface area contributed by atoms with E-state index in [2.05, 4.69) is 11.4 Å². The largest absolute Gasteiger partial charge is 0.338 e. The topological polar surface area (TPSA) is 90.3 Å². The van der Waals surface area contributed by atoms with Crippen molar-refractivity contribution in [3.05, 3.63) is 29.3 Å². The number of aryl methyl sites for hydroxylation is 2. The molecule has 6 nitrogen and oxygen atoms in total. The Kier molecular flexibility index (Phi) is 6.11. The summed E-state index contributed by atoms with van der Waals surface area (Å²) in [7, 11) is -3.55. The lowest BCUT2D eigenvalue weighted by molar-refractivity contribution is -0.127. The van der Waals surface area contributed by atoms with Crippen molar-refractivity contribution in [1.82, 2.24) is 9.62 Å². The third-order valence-electron chi connectivity index (χ3n) is 6.06. The maximum absolute atomic E-state index is 13.0. The maximum atomic E-state index is 13.0. The lowest BCUT2D eigenvalue weighted by atomic mass is 9.82. The molecule has 1 N–H and O–H groups in total. The summed E-state index contributed by atoms with van der Waals surface area (Å²) in [5.41, 5.74) is 1.03. The van der Waals surface area contributed by atoms with Crippen molar-refractivity contribution >= 4 is 15.9 Å². The molecule has 1 amide bonds. The minimum Gasteiger partial charge on any atom is -0.338 e. The van der Waals surface area contributed by atoms with E-state index >= 15 is 0 Å². The van der Waals surface area contributed by atoms with E-state index in [4.69, 9.17) is 0 Å². The van der Waals surface area contributed by atoms with E-state index in [1.807, 2.05) is 26.0 Å². The van der Waals surface area contributed by atoms with E-state index in [0.29, 0.717) is 43.7 Å². The summed E-state index contributed by atoms with van der Waals surface area (Å²) in [6.45, 7) is 4.40. The van der Waals surface area contributed by atoms with Crippen molar-refractivity contribution in [1.29, 1.82) is 5.26 Å². The summed E-state index contributed by atoms with van der Waals surface area (Å²) >= 11 is 0. The number of benzene rings is 1. The number of carbonyl (C=O) groups is 1. The minimum absolute atomic E-state index is 0.105. The van der Waals surface area contributed by atoms with Crippen LogP contribution < -0.4 is 5.32 Å². The lowest BCUT2D eigenvalue weighted by Crippen LogP contribution is -2.52. The van der Waals surface area contributed by atoms with Crippen LogP contribution in [0.1, 0.15) is 56.1 Å². The monoisotopic (exact) mass is 403 g/mol. The molecule has 0 spiro atoms. The summed E-state index contributed by atoms with van der Waals surface area (Å²) in [4.78, 5) is 13.1. The zero-order chi connectivity index (χ0) is 20.4. The highest BCUT2D eigenvalue weighted by Crippen LogP contribution is 2.30. The number of rotatable bonds is 4. The van der Waals surface area contributed by atoms with Gasteiger partial charge >= 0.3 is 0 Å². The molecule has 1 aliphatic carbocycles. The van der Waals surface area contributed by atoms with Gasteiger partial charge in [-0.15, -0.1) is 0 Å². The van der Waals surface area contributed by atoms with Crippen LogP contribution in [0.15, 0.2) is 23.1 Å². The molecule has 2 fully saturated rings. The number of hydrogen-bond donors (Lipinski definition) is 1. The first kappa shape index (κ1) is 20.8. The van der Waals surface area contributed by atoms with Gasteiger partial charge in [0.1, 0.15) is 5.54 Å². The quantitative estimate of drug-likeness (QED) is 0.837. The second-order valence-corrected chi connectivity index (χ2v) is 10.1. The van der Waals surface area contributed by atoms with Gasteiger partial charge in [-0.2, -0.15) is 9.57 Å². The molecule has 3 rings (SSSR count). The van der Waals surface area contributed by atoms with Gasteiger partial charge in [-0.1, -0.05) is 37.0 Å². The number of amides is 1. The van der Waals surface area contributed by atoms with Gasteiger partial charge in [0, 0.05) is 19.0 Å². The van der Waals surface area contributed by atoms with Crippen molar-refractivity contribution < 1.29 is 13.2 Å². The Morgan fingerprint density at radius 1 is 1.18 bits per heavy atom. The summed E-state index contributed by atoms with van der Waals surface area (Å²) < 4.78 is 27.5. The van der Waals surface area contributed by atoms with Gasteiger partial charge in [0.25, 0.3) is 0 Å². The average molecular weight is 404 g/mol. The second-order valence-electron chi connectivity index (χ2n) is 8.19. The highest BCUT2D eigenvalue weighted by molar-refractivity contribution is 7.89. The van der Waals surface area contributed by atoms with Crippen molar-refractivity contribution in [2.24, 2.45) is 5.92 Å². The fourth-order valence-corrected chi connectivity index (χ4v) is 6.02. The third kappa shape index (κ3) is 4.23. The first-order valence-corrected chi connectivity index (χ1v) is 11.5. The van der Waals surface area contributed by atoms with Crippen LogP contribution >= 0.6 is 0 Å². The smallest absolute Gasteiger partial charge is 0.243 e. The van der Waals surface area contributed by atoms with E-state index in [1.165, 1.54) is 4.31 Å². The lowest BCUT2D eigenvalue weighted by Gasteiger charge is -2.35. The molecule has 1 saturated heterocycles. The zero-order valence-electron chi connectivity index (χ0n) is 16.7. The highest BCUT2D eigenvalue weighted by Gasteiger charge is 2.38. The molecule has 1 aromatic carbocycles. The molecular weight excluding hydrogens is 374 g/mol. The number of sulfonamides is 1. The molecule has 1 saturated carbocycles. The average Bonchev–Trinajstić information content (AvgIpc) is 2.68. The van der Waals surface area contributed by atoms with Crippen LogP contribution in [0.25, 0.3) is 0 Å². The fraction of sp³-hybridized carbons (Fsp3) is 0.619. The van der Waals surface area contributed by atoms with Gasteiger partial charge in [-0.3, -0.25) is 4.79 Å². The van der Waals surface area contributed by atoms with Crippen molar-refractivity contribution in [2.75, 3.05) is 13.1 Å². The normalized spacial score (nSPS) is 21.0. The van der Waals surface area contributed by atoms with Gasteiger partial charge in [-0.25, -0.2) is 8.42 Å². The maximum Gasteiger partial charge on any atom is 0.243 e. The molecule has 1 aliphatic heterocycles. The highest BCUT2D eigenvalue weighted by atomic mass is 32.2. The molecule has 1 heterocycles. The Morgan fingerprint density at radius 2 is 1.82 bits per heavy atom. The summed E-state index contributed by atoms with van der Waals surface area (Å²) in [6.07, 6.45) is 5.40. The predicted octanol–water partition coefficient (Wildman–Crippen LogP) is 3.05. The van der Waals surface area contributed by atoms with E-state index in [-0.39, 0.29) is 11.8 Å². The van der Waals surface area contributed by atoms with Crippen LogP contribution in [-0.4, -0.2) is 37.3 Å². The molecule has 0 bridgehead atoms. The molecule has 28 heavy (non-hydrogen) atoms. The number of piperidine rings is 1. The molecule has 152 valence electrons. The third-order valence-corrected chi connectivity index (χ3v) is 8.12. The zero-order valence-corrected chi connectivity index (χ0v) is 17.5. The fourth-order valence-electron chi connectivity index (χ4n) is 4.34. The molecular formula is C21H29N3O3S. The van der Waals surface area contributed by atoms with Crippen LogP contribution in [0.4, 0.5) is 0 Å². The molecule has 2 aliphatic rings. The molecule has 1 aromatic rings. The van der Waals surface area contributed by atoms with Crippen LogP contribution in [0.2, 0.25) is 0 Å². The van der Waals surface area contributed by atoms with Gasteiger partial charge in [0.2, 0.25) is 15.9 Å². The van der Waals surface area contributed by atoms with Crippen molar-refractivity contribution in [2.45, 2.75) is 69.2 Å².